The Kier molecular flexibility index (Phi) is 5.86. The van der Waals surface area contributed by atoms with E-state index in [-0.39, 0.29) is 6.61 Å². The summed E-state index contributed by atoms with van der Waals surface area (Å²) < 4.78 is 10.3. The number of ether oxygens (including phenoxy) is 2. The Bertz CT molecular complexity index is 209. The molecule has 0 aromatic heterocycles. The third-order valence-electron chi connectivity index (χ3n) is 2.50. The molecule has 0 radical (unpaired) electrons. The highest BCUT2D eigenvalue weighted by atomic mass is 16.7. The Hall–Kier alpha value is -0.530. The van der Waals surface area contributed by atoms with Crippen molar-refractivity contribution >= 4 is 6.29 Å². The van der Waals surface area contributed by atoms with Gasteiger partial charge >= 0.3 is 0 Å². The van der Waals surface area contributed by atoms with Crippen LogP contribution in [0, 0.1) is 0 Å². The second-order valence-corrected chi connectivity index (χ2v) is 3.74. The highest BCUT2D eigenvalue weighted by molar-refractivity contribution is 5.48. The summed E-state index contributed by atoms with van der Waals surface area (Å²) in [5.41, 5.74) is 0. The number of unbranched alkanes of at least 4 members (excludes halogenated alkanes) is 2. The van der Waals surface area contributed by atoms with E-state index in [2.05, 4.69) is 0 Å². The van der Waals surface area contributed by atoms with E-state index in [1.807, 2.05) is 0 Å². The van der Waals surface area contributed by atoms with Gasteiger partial charge in [0.15, 0.2) is 6.29 Å². The van der Waals surface area contributed by atoms with Gasteiger partial charge in [0.2, 0.25) is 0 Å². The predicted octanol–water partition coefficient (Wildman–Crippen LogP) is -1.19. The second kappa shape index (κ2) is 6.93. The number of aldehydes is 1. The van der Waals surface area contributed by atoms with Crippen LogP contribution in [0.5, 0.6) is 0 Å². The zero-order chi connectivity index (χ0) is 12.0. The van der Waals surface area contributed by atoms with Crippen molar-refractivity contribution in [2.45, 2.75) is 43.9 Å². The monoisotopic (exact) mass is 234 g/mol. The number of carbonyl (C=O) groups excluding carboxylic acids is 1. The smallest absolute Gasteiger partial charge is 0.186 e. The maximum absolute atomic E-state index is 10.0. The minimum absolute atomic E-state index is 0.348. The molecule has 1 saturated heterocycles. The fraction of sp³-hybridized carbons (Fsp3) is 0.900. The molecule has 0 aromatic carbocycles. The van der Waals surface area contributed by atoms with Gasteiger partial charge in [-0.15, -0.1) is 0 Å². The van der Waals surface area contributed by atoms with Gasteiger partial charge in [0.1, 0.15) is 24.6 Å². The average Bonchev–Trinajstić information content (AvgIpc) is 2.56. The van der Waals surface area contributed by atoms with Crippen molar-refractivity contribution < 1.29 is 29.6 Å². The topological polar surface area (TPSA) is 96.2 Å². The zero-order valence-corrected chi connectivity index (χ0v) is 8.99. The Morgan fingerprint density at radius 2 is 2.00 bits per heavy atom. The van der Waals surface area contributed by atoms with Crippen molar-refractivity contribution in [2.24, 2.45) is 0 Å². The normalized spacial score (nSPS) is 34.2. The molecule has 0 saturated carbocycles. The number of hydrogen-bond acceptors (Lipinski definition) is 6. The summed E-state index contributed by atoms with van der Waals surface area (Å²) in [5, 5.41) is 27.7. The number of carbonyl (C=O) groups is 1. The summed E-state index contributed by atoms with van der Waals surface area (Å²) >= 11 is 0. The maximum Gasteiger partial charge on any atom is 0.186 e. The average molecular weight is 234 g/mol. The van der Waals surface area contributed by atoms with E-state index < -0.39 is 24.6 Å². The molecular formula is C10H18O6. The van der Waals surface area contributed by atoms with Crippen molar-refractivity contribution in [3.05, 3.63) is 0 Å². The molecule has 1 aliphatic heterocycles. The first-order chi connectivity index (χ1) is 7.70. The lowest BCUT2D eigenvalue weighted by molar-refractivity contribution is -0.169. The summed E-state index contributed by atoms with van der Waals surface area (Å²) in [4.78, 5) is 10.0. The Morgan fingerprint density at radius 1 is 1.25 bits per heavy atom. The van der Waals surface area contributed by atoms with Crippen molar-refractivity contribution in [1.82, 2.24) is 0 Å². The number of hydrogen-bond donors (Lipinski definition) is 3. The van der Waals surface area contributed by atoms with E-state index in [9.17, 15) is 15.0 Å². The van der Waals surface area contributed by atoms with Gasteiger partial charge in [-0.3, -0.25) is 0 Å². The third-order valence-corrected chi connectivity index (χ3v) is 2.50. The zero-order valence-electron chi connectivity index (χ0n) is 8.99. The molecule has 1 heterocycles. The molecule has 6 nitrogen and oxygen atoms in total. The van der Waals surface area contributed by atoms with Crippen molar-refractivity contribution in [2.75, 3.05) is 13.2 Å². The van der Waals surface area contributed by atoms with Crippen LogP contribution < -0.4 is 0 Å². The molecule has 0 bridgehead atoms. The highest BCUT2D eigenvalue weighted by Gasteiger charge is 2.42. The van der Waals surface area contributed by atoms with Crippen LogP contribution in [0.2, 0.25) is 0 Å². The van der Waals surface area contributed by atoms with Gasteiger partial charge in [-0.05, 0) is 12.8 Å². The molecule has 4 atom stereocenters. The summed E-state index contributed by atoms with van der Waals surface area (Å²) in [6.45, 7) is -0.0103. The van der Waals surface area contributed by atoms with Crippen molar-refractivity contribution in [3.63, 3.8) is 0 Å². The Balaban J connectivity index is 2.20. The number of aliphatic hydroxyl groups excluding tert-OH is 3. The minimum atomic E-state index is -1.14. The predicted molar refractivity (Wildman–Crippen MR) is 53.6 cm³/mol. The molecule has 6 heteroatoms. The van der Waals surface area contributed by atoms with Crippen molar-refractivity contribution in [3.8, 4) is 0 Å². The molecule has 16 heavy (non-hydrogen) atoms. The van der Waals surface area contributed by atoms with Gasteiger partial charge in [-0.25, -0.2) is 0 Å². The van der Waals surface area contributed by atoms with E-state index in [4.69, 9.17) is 14.6 Å². The van der Waals surface area contributed by atoms with E-state index in [0.717, 1.165) is 12.7 Å². The van der Waals surface area contributed by atoms with Crippen molar-refractivity contribution in [1.29, 1.82) is 0 Å². The molecular weight excluding hydrogens is 216 g/mol. The van der Waals surface area contributed by atoms with Crippen LogP contribution in [-0.2, 0) is 14.3 Å². The fourth-order valence-corrected chi connectivity index (χ4v) is 1.53. The first-order valence-electron chi connectivity index (χ1n) is 5.38. The van der Waals surface area contributed by atoms with Crippen LogP contribution in [0.4, 0.5) is 0 Å². The quantitative estimate of drug-likeness (QED) is 0.379. The lowest BCUT2D eigenvalue weighted by atomic mass is 10.1. The third kappa shape index (κ3) is 3.50. The second-order valence-electron chi connectivity index (χ2n) is 3.74. The fourth-order valence-electron chi connectivity index (χ4n) is 1.53. The summed E-state index contributed by atoms with van der Waals surface area (Å²) in [6.07, 6.45) is -1.22. The molecule has 0 amide bonds. The molecule has 1 rings (SSSR count). The van der Waals surface area contributed by atoms with Crippen LogP contribution in [0.3, 0.4) is 0 Å². The van der Waals surface area contributed by atoms with Gasteiger partial charge in [-0.1, -0.05) is 0 Å². The molecule has 2 unspecified atom stereocenters. The number of rotatable bonds is 7. The minimum Gasteiger partial charge on any atom is -0.394 e. The van der Waals surface area contributed by atoms with Gasteiger partial charge in [0.25, 0.3) is 0 Å². The van der Waals surface area contributed by atoms with Gasteiger partial charge in [0, 0.05) is 13.0 Å². The Morgan fingerprint density at radius 3 is 2.56 bits per heavy atom. The molecule has 0 spiro atoms. The SMILES string of the molecule is O=CCCCCO[C@@H]1OC(CO)[C@H](O)C1O. The standard InChI is InChI=1S/C10H18O6/c11-4-2-1-3-5-15-10-9(14)8(13)7(6-12)16-10/h4,7-10,12-14H,1-3,5-6H2/t7?,8-,9?,10+/m0/s1. The van der Waals surface area contributed by atoms with E-state index >= 15 is 0 Å². The van der Waals surface area contributed by atoms with Crippen LogP contribution in [0.15, 0.2) is 0 Å². The summed E-state index contributed by atoms with van der Waals surface area (Å²) in [5.74, 6) is 0. The van der Waals surface area contributed by atoms with E-state index in [1.165, 1.54) is 0 Å². The van der Waals surface area contributed by atoms with E-state index in [0.29, 0.717) is 19.4 Å². The van der Waals surface area contributed by atoms with Crippen LogP contribution in [0.25, 0.3) is 0 Å². The van der Waals surface area contributed by atoms with Crippen LogP contribution >= 0.6 is 0 Å². The molecule has 3 N–H and O–H groups in total. The molecule has 1 aliphatic rings. The lowest BCUT2D eigenvalue weighted by Gasteiger charge is -2.15. The van der Waals surface area contributed by atoms with Crippen LogP contribution in [0.1, 0.15) is 19.3 Å². The first kappa shape index (κ1) is 13.5. The molecule has 0 aliphatic carbocycles. The summed E-state index contributed by atoms with van der Waals surface area (Å²) in [7, 11) is 0. The first-order valence-corrected chi connectivity index (χ1v) is 5.38. The number of aliphatic hydroxyl groups is 3. The van der Waals surface area contributed by atoms with Crippen LogP contribution in [-0.4, -0.2) is 59.4 Å². The van der Waals surface area contributed by atoms with Gasteiger partial charge < -0.3 is 29.6 Å². The molecule has 94 valence electrons. The maximum atomic E-state index is 10.0. The van der Waals surface area contributed by atoms with E-state index in [1.54, 1.807) is 0 Å². The highest BCUT2D eigenvalue weighted by Crippen LogP contribution is 2.22. The Labute approximate surface area is 93.8 Å². The largest absolute Gasteiger partial charge is 0.394 e. The molecule has 0 aromatic rings. The van der Waals surface area contributed by atoms with Gasteiger partial charge in [0.05, 0.1) is 6.61 Å². The van der Waals surface area contributed by atoms with Gasteiger partial charge in [-0.2, -0.15) is 0 Å². The molecule has 1 fully saturated rings. The lowest BCUT2D eigenvalue weighted by Crippen LogP contribution is -2.34. The summed E-state index contributed by atoms with van der Waals surface area (Å²) in [6, 6.07) is 0.